The Morgan fingerprint density at radius 2 is 2.11 bits per heavy atom. The fraction of sp³-hybridized carbons (Fsp3) is 0.421. The molecule has 1 amide bonds. The van der Waals surface area contributed by atoms with Crippen LogP contribution in [0.25, 0.3) is 0 Å². The predicted octanol–water partition coefficient (Wildman–Crippen LogP) is 3.36. The summed E-state index contributed by atoms with van der Waals surface area (Å²) in [7, 11) is 1.36. The number of methoxy groups -OCH3 is 1. The molecule has 8 heteroatoms. The van der Waals surface area contributed by atoms with Crippen LogP contribution >= 0.6 is 11.3 Å². The van der Waals surface area contributed by atoms with Crippen molar-refractivity contribution in [3.63, 3.8) is 0 Å². The van der Waals surface area contributed by atoms with Crippen LogP contribution in [0.5, 0.6) is 5.75 Å². The smallest absolute Gasteiger partial charge is 0.226 e. The fourth-order valence-electron chi connectivity index (χ4n) is 3.03. The first-order valence-corrected chi connectivity index (χ1v) is 9.71. The highest BCUT2D eigenvalue weighted by Crippen LogP contribution is 2.31. The lowest BCUT2D eigenvalue weighted by atomic mass is 9.97. The average molecular weight is 391 g/mol. The van der Waals surface area contributed by atoms with Gasteiger partial charge in [0.1, 0.15) is 0 Å². The first-order valence-electron chi connectivity index (χ1n) is 8.90. The Hall–Kier alpha value is -2.32. The molecule has 2 heterocycles. The van der Waals surface area contributed by atoms with E-state index >= 15 is 0 Å². The molecule has 144 valence electrons. The van der Waals surface area contributed by atoms with E-state index in [-0.39, 0.29) is 35.8 Å². The Kier molecular flexibility index (Phi) is 6.52. The van der Waals surface area contributed by atoms with Crippen molar-refractivity contribution >= 4 is 28.2 Å². The van der Waals surface area contributed by atoms with Crippen molar-refractivity contribution in [1.82, 2.24) is 10.3 Å². The van der Waals surface area contributed by atoms with Crippen molar-refractivity contribution in [2.45, 2.75) is 31.6 Å². The number of benzene rings is 1. The minimum absolute atomic E-state index is 0.00410. The molecule has 27 heavy (non-hydrogen) atoms. The Balaban J connectivity index is 1.50. The van der Waals surface area contributed by atoms with Gasteiger partial charge in [-0.05, 0) is 50.0 Å². The number of carbonyl (C=O) groups excluding carboxylic acids is 2. The maximum Gasteiger partial charge on any atom is 0.226 e. The maximum absolute atomic E-state index is 13.7. The lowest BCUT2D eigenvalue weighted by Gasteiger charge is -2.20. The zero-order chi connectivity index (χ0) is 19.2. The van der Waals surface area contributed by atoms with Crippen LogP contribution in [-0.2, 0) is 4.79 Å². The van der Waals surface area contributed by atoms with E-state index in [0.717, 1.165) is 32.0 Å². The summed E-state index contributed by atoms with van der Waals surface area (Å²) in [6.45, 7) is 2.00. The van der Waals surface area contributed by atoms with Crippen molar-refractivity contribution in [3.8, 4) is 5.75 Å². The van der Waals surface area contributed by atoms with Crippen LogP contribution in [0, 0.1) is 5.82 Å². The molecule has 0 unspecified atom stereocenters. The highest BCUT2D eigenvalue weighted by atomic mass is 32.1. The normalized spacial score (nSPS) is 14.7. The van der Waals surface area contributed by atoms with E-state index in [2.05, 4.69) is 15.6 Å². The second-order valence-corrected chi connectivity index (χ2v) is 7.47. The van der Waals surface area contributed by atoms with Gasteiger partial charge in [-0.1, -0.05) is 0 Å². The zero-order valence-electron chi connectivity index (χ0n) is 15.1. The lowest BCUT2D eigenvalue weighted by Crippen LogP contribution is -2.26. The molecule has 0 spiro atoms. The number of nitrogens with zero attached hydrogens (tertiary/aromatic N) is 1. The number of rotatable bonds is 7. The van der Waals surface area contributed by atoms with Crippen molar-refractivity contribution in [2.75, 3.05) is 25.5 Å². The summed E-state index contributed by atoms with van der Waals surface area (Å²) in [6, 6.07) is 4.03. The summed E-state index contributed by atoms with van der Waals surface area (Å²) in [5.74, 6) is -0.593. The first-order chi connectivity index (χ1) is 13.1. The number of hydrogen-bond acceptors (Lipinski definition) is 6. The molecule has 0 saturated carbocycles. The van der Waals surface area contributed by atoms with Crippen LogP contribution in [-0.4, -0.2) is 36.9 Å². The van der Waals surface area contributed by atoms with E-state index in [1.807, 2.05) is 6.20 Å². The van der Waals surface area contributed by atoms with Gasteiger partial charge in [0, 0.05) is 29.5 Å². The van der Waals surface area contributed by atoms with E-state index in [9.17, 15) is 14.0 Å². The second-order valence-electron chi connectivity index (χ2n) is 6.41. The summed E-state index contributed by atoms with van der Waals surface area (Å²) in [5.41, 5.74) is 0.226. The van der Waals surface area contributed by atoms with Crippen LogP contribution in [0.3, 0.4) is 0 Å². The minimum Gasteiger partial charge on any atom is -0.494 e. The third-order valence-electron chi connectivity index (χ3n) is 4.56. The number of ether oxygens (including phenoxy) is 1. The van der Waals surface area contributed by atoms with Crippen molar-refractivity contribution in [3.05, 3.63) is 40.7 Å². The number of hydrogen-bond donors (Lipinski definition) is 2. The molecule has 0 radical (unpaired) electrons. The molecule has 0 aliphatic carbocycles. The van der Waals surface area contributed by atoms with Crippen LogP contribution in [0.15, 0.2) is 24.4 Å². The van der Waals surface area contributed by atoms with Gasteiger partial charge in [0.2, 0.25) is 5.91 Å². The zero-order valence-corrected chi connectivity index (χ0v) is 15.9. The third-order valence-corrected chi connectivity index (χ3v) is 5.64. The molecular weight excluding hydrogens is 369 g/mol. The minimum atomic E-state index is -0.596. The summed E-state index contributed by atoms with van der Waals surface area (Å²) in [4.78, 5) is 29.7. The summed E-state index contributed by atoms with van der Waals surface area (Å²) < 4.78 is 18.5. The number of ketones is 1. The van der Waals surface area contributed by atoms with E-state index in [1.54, 1.807) is 0 Å². The van der Waals surface area contributed by atoms with E-state index in [4.69, 9.17) is 4.74 Å². The highest BCUT2D eigenvalue weighted by molar-refractivity contribution is 7.15. The van der Waals surface area contributed by atoms with Crippen LogP contribution in [0.4, 0.5) is 9.52 Å². The van der Waals surface area contributed by atoms with Gasteiger partial charge in [-0.3, -0.25) is 9.59 Å². The fourth-order valence-corrected chi connectivity index (χ4v) is 4.03. The molecule has 1 saturated heterocycles. The molecule has 1 fully saturated rings. The number of carbonyl (C=O) groups is 2. The Labute approximate surface area is 161 Å². The van der Waals surface area contributed by atoms with Gasteiger partial charge in [-0.25, -0.2) is 9.37 Å². The number of anilines is 1. The Bertz CT molecular complexity index is 818. The first kappa shape index (κ1) is 19.4. The lowest BCUT2D eigenvalue weighted by molar-refractivity contribution is -0.116. The number of halogens is 1. The van der Waals surface area contributed by atoms with Crippen molar-refractivity contribution in [2.24, 2.45) is 0 Å². The summed E-state index contributed by atoms with van der Waals surface area (Å²) in [6.07, 6.45) is 3.99. The molecule has 6 nitrogen and oxygen atoms in total. The molecule has 2 aromatic rings. The van der Waals surface area contributed by atoms with Crippen molar-refractivity contribution in [1.29, 1.82) is 0 Å². The largest absolute Gasteiger partial charge is 0.494 e. The number of amides is 1. The average Bonchev–Trinajstić information content (AvgIpc) is 3.15. The van der Waals surface area contributed by atoms with E-state index in [1.165, 1.54) is 35.5 Å². The SMILES string of the molecule is COc1ccc(C(=O)CCC(=O)Nc2ncc(C3CCNCC3)s2)cc1F. The van der Waals surface area contributed by atoms with Gasteiger partial charge in [-0.15, -0.1) is 11.3 Å². The standard InChI is InChI=1S/C19H22FN3O3S/c1-26-16-4-2-13(10-14(16)20)15(24)3-5-18(25)23-19-22-11-17(27-19)12-6-8-21-9-7-12/h2,4,10-12,21H,3,5-9H2,1H3,(H,22,23,25). The maximum atomic E-state index is 13.7. The molecule has 3 rings (SSSR count). The van der Waals surface area contributed by atoms with Crippen molar-refractivity contribution < 1.29 is 18.7 Å². The Morgan fingerprint density at radius 1 is 1.33 bits per heavy atom. The van der Waals surface area contributed by atoms with Gasteiger partial charge >= 0.3 is 0 Å². The van der Waals surface area contributed by atoms with Crippen LogP contribution in [0.1, 0.15) is 46.8 Å². The Morgan fingerprint density at radius 3 is 2.81 bits per heavy atom. The monoisotopic (exact) mass is 391 g/mol. The summed E-state index contributed by atoms with van der Waals surface area (Å²) >= 11 is 1.49. The van der Waals surface area contributed by atoms with Gasteiger partial charge in [-0.2, -0.15) is 0 Å². The summed E-state index contributed by atoms with van der Waals surface area (Å²) in [5, 5.41) is 6.62. The van der Waals surface area contributed by atoms with Gasteiger partial charge < -0.3 is 15.4 Å². The number of aromatic nitrogens is 1. The molecule has 1 aromatic carbocycles. The predicted molar refractivity (Wildman–Crippen MR) is 102 cm³/mol. The molecular formula is C19H22FN3O3S. The van der Waals surface area contributed by atoms with E-state index < -0.39 is 5.82 Å². The number of Topliss-reactive ketones (excluding diaryl/α,β-unsaturated/α-hetero) is 1. The van der Waals surface area contributed by atoms with Gasteiger partial charge in [0.25, 0.3) is 0 Å². The molecule has 0 bridgehead atoms. The van der Waals surface area contributed by atoms with Gasteiger partial charge in [0.05, 0.1) is 7.11 Å². The van der Waals surface area contributed by atoms with Gasteiger partial charge in [0.15, 0.2) is 22.5 Å². The van der Waals surface area contributed by atoms with Crippen LogP contribution in [0.2, 0.25) is 0 Å². The molecule has 1 aliphatic rings. The number of piperidine rings is 1. The quantitative estimate of drug-likeness (QED) is 0.708. The second kappa shape index (κ2) is 9.05. The molecule has 1 aliphatic heterocycles. The topological polar surface area (TPSA) is 80.3 Å². The molecule has 2 N–H and O–H groups in total. The third kappa shape index (κ3) is 5.11. The molecule has 0 atom stereocenters. The van der Waals surface area contributed by atoms with Crippen LogP contribution < -0.4 is 15.4 Å². The molecule has 1 aromatic heterocycles. The highest BCUT2D eigenvalue weighted by Gasteiger charge is 2.19. The number of thiazole rings is 1. The van der Waals surface area contributed by atoms with E-state index in [0.29, 0.717) is 11.0 Å². The number of nitrogens with one attached hydrogen (secondary N) is 2.